The van der Waals surface area contributed by atoms with Gasteiger partial charge in [0.2, 0.25) is 11.8 Å². The molecule has 2 amide bonds. The average Bonchev–Trinajstić information content (AvgIpc) is 2.64. The Morgan fingerprint density at radius 3 is 2.68 bits per heavy atom. The van der Waals surface area contributed by atoms with Crippen molar-refractivity contribution < 1.29 is 19.1 Å². The predicted molar refractivity (Wildman–Crippen MR) is 93.9 cm³/mol. The van der Waals surface area contributed by atoms with Gasteiger partial charge in [-0.2, -0.15) is 0 Å². The van der Waals surface area contributed by atoms with Crippen LogP contribution in [-0.2, 0) is 9.59 Å². The molecule has 1 heterocycles. The van der Waals surface area contributed by atoms with Crippen molar-refractivity contribution in [2.75, 3.05) is 25.6 Å². The molecule has 2 aromatic rings. The maximum atomic E-state index is 12.5. The van der Waals surface area contributed by atoms with Gasteiger partial charge in [0.15, 0.2) is 11.5 Å². The monoisotopic (exact) mass is 340 g/mol. The summed E-state index contributed by atoms with van der Waals surface area (Å²) in [7, 11) is 1.58. The van der Waals surface area contributed by atoms with Crippen LogP contribution >= 0.6 is 0 Å². The van der Waals surface area contributed by atoms with Gasteiger partial charge in [0, 0.05) is 12.1 Å². The molecule has 6 heteroatoms. The summed E-state index contributed by atoms with van der Waals surface area (Å²) in [5.41, 5.74) is 1.54. The highest BCUT2D eigenvalue weighted by Gasteiger charge is 2.30. The number of anilines is 1. The third kappa shape index (κ3) is 3.91. The van der Waals surface area contributed by atoms with E-state index >= 15 is 0 Å². The van der Waals surface area contributed by atoms with Crippen LogP contribution in [0.4, 0.5) is 5.69 Å². The molecule has 0 aliphatic carbocycles. The molecule has 1 aliphatic heterocycles. The van der Waals surface area contributed by atoms with Gasteiger partial charge in [-0.3, -0.25) is 9.59 Å². The van der Waals surface area contributed by atoms with Crippen molar-refractivity contribution in [2.24, 2.45) is 0 Å². The number of hydrogen-bond donors (Lipinski definition) is 2. The van der Waals surface area contributed by atoms with E-state index in [4.69, 9.17) is 9.47 Å². The van der Waals surface area contributed by atoms with Gasteiger partial charge in [-0.15, -0.1) is 0 Å². The van der Waals surface area contributed by atoms with Crippen LogP contribution in [0.5, 0.6) is 11.5 Å². The Hall–Kier alpha value is -3.02. The summed E-state index contributed by atoms with van der Waals surface area (Å²) in [4.78, 5) is 24.3. The first-order chi connectivity index (χ1) is 12.2. The van der Waals surface area contributed by atoms with Crippen LogP contribution in [0.3, 0.4) is 0 Å². The Balaban J connectivity index is 1.56. The largest absolute Gasteiger partial charge is 0.493 e. The standard InChI is InChI=1S/C19H20N2O4/c1-24-16-8-4-5-9-17(16)25-11-10-20-19(23)14-12-18(22)21-15-7-3-2-6-13(14)15/h2-9,14H,10-12H2,1H3,(H,20,23)(H,21,22). The maximum Gasteiger partial charge on any atom is 0.228 e. The van der Waals surface area contributed by atoms with Crippen molar-refractivity contribution in [1.29, 1.82) is 0 Å². The molecule has 2 aromatic carbocycles. The zero-order valence-corrected chi connectivity index (χ0v) is 14.0. The number of amides is 2. The summed E-state index contributed by atoms with van der Waals surface area (Å²) in [6.07, 6.45) is 0.149. The summed E-state index contributed by atoms with van der Waals surface area (Å²) in [5, 5.41) is 5.63. The van der Waals surface area contributed by atoms with Gasteiger partial charge in [-0.25, -0.2) is 0 Å². The second kappa shape index (κ2) is 7.70. The number of rotatable bonds is 6. The van der Waals surface area contributed by atoms with Crippen LogP contribution in [0.2, 0.25) is 0 Å². The molecular weight excluding hydrogens is 320 g/mol. The Labute approximate surface area is 146 Å². The minimum atomic E-state index is -0.476. The number of ether oxygens (including phenoxy) is 2. The van der Waals surface area contributed by atoms with Gasteiger partial charge in [-0.05, 0) is 23.8 Å². The van der Waals surface area contributed by atoms with Gasteiger partial charge in [-0.1, -0.05) is 30.3 Å². The number of hydrogen-bond acceptors (Lipinski definition) is 4. The van der Waals surface area contributed by atoms with E-state index in [1.54, 1.807) is 13.2 Å². The topological polar surface area (TPSA) is 76.7 Å². The molecule has 25 heavy (non-hydrogen) atoms. The van der Waals surface area contributed by atoms with E-state index in [2.05, 4.69) is 10.6 Å². The molecule has 6 nitrogen and oxygen atoms in total. The quantitative estimate of drug-likeness (QED) is 0.791. The molecule has 3 rings (SSSR count). The van der Waals surface area contributed by atoms with Crippen LogP contribution < -0.4 is 20.1 Å². The molecule has 0 fully saturated rings. The maximum absolute atomic E-state index is 12.5. The highest BCUT2D eigenvalue weighted by molar-refractivity contribution is 6.01. The third-order valence-corrected chi connectivity index (χ3v) is 4.04. The molecule has 0 saturated heterocycles. The molecule has 0 spiro atoms. The van der Waals surface area contributed by atoms with Gasteiger partial charge in [0.05, 0.1) is 19.6 Å². The second-order valence-corrected chi connectivity index (χ2v) is 5.68. The molecule has 1 aliphatic rings. The van der Waals surface area contributed by atoms with Crippen molar-refractivity contribution in [2.45, 2.75) is 12.3 Å². The number of benzene rings is 2. The first-order valence-corrected chi connectivity index (χ1v) is 8.11. The molecule has 0 bridgehead atoms. The van der Waals surface area contributed by atoms with E-state index in [1.165, 1.54) is 0 Å². The molecule has 0 aromatic heterocycles. The van der Waals surface area contributed by atoms with Crippen molar-refractivity contribution in [3.8, 4) is 11.5 Å². The number of carbonyl (C=O) groups excluding carboxylic acids is 2. The van der Waals surface area contributed by atoms with E-state index in [1.807, 2.05) is 42.5 Å². The van der Waals surface area contributed by atoms with E-state index in [9.17, 15) is 9.59 Å². The number of carbonyl (C=O) groups is 2. The molecule has 1 atom stereocenters. The summed E-state index contributed by atoms with van der Waals surface area (Å²) in [6, 6.07) is 14.7. The number of nitrogens with one attached hydrogen (secondary N) is 2. The zero-order valence-electron chi connectivity index (χ0n) is 14.0. The number of fused-ring (bicyclic) bond motifs is 1. The zero-order chi connectivity index (χ0) is 17.6. The van der Waals surface area contributed by atoms with Crippen LogP contribution in [-0.4, -0.2) is 32.1 Å². The molecular formula is C19H20N2O4. The molecule has 0 saturated carbocycles. The molecule has 0 radical (unpaired) electrons. The normalized spacial score (nSPS) is 15.7. The lowest BCUT2D eigenvalue weighted by atomic mass is 9.90. The third-order valence-electron chi connectivity index (χ3n) is 4.04. The van der Waals surface area contributed by atoms with Crippen molar-refractivity contribution in [1.82, 2.24) is 5.32 Å². The van der Waals surface area contributed by atoms with E-state index < -0.39 is 5.92 Å². The van der Waals surface area contributed by atoms with Gasteiger partial charge in [0.1, 0.15) is 6.61 Å². The molecule has 1 unspecified atom stereocenters. The van der Waals surface area contributed by atoms with Crippen molar-refractivity contribution in [3.63, 3.8) is 0 Å². The second-order valence-electron chi connectivity index (χ2n) is 5.68. The summed E-state index contributed by atoms with van der Waals surface area (Å²) in [6.45, 7) is 0.657. The van der Waals surface area contributed by atoms with Crippen LogP contribution in [0, 0.1) is 0 Å². The molecule has 130 valence electrons. The Morgan fingerprint density at radius 1 is 1.16 bits per heavy atom. The highest BCUT2D eigenvalue weighted by atomic mass is 16.5. The van der Waals surface area contributed by atoms with Gasteiger partial charge >= 0.3 is 0 Å². The number of para-hydroxylation sites is 3. The highest BCUT2D eigenvalue weighted by Crippen LogP contribution is 2.32. The van der Waals surface area contributed by atoms with E-state index in [0.29, 0.717) is 30.3 Å². The summed E-state index contributed by atoms with van der Waals surface area (Å²) in [5.74, 6) is 0.472. The average molecular weight is 340 g/mol. The Bertz CT molecular complexity index is 776. The predicted octanol–water partition coefficient (Wildman–Crippen LogP) is 2.32. The Morgan fingerprint density at radius 2 is 1.88 bits per heavy atom. The fourth-order valence-corrected chi connectivity index (χ4v) is 2.84. The van der Waals surface area contributed by atoms with Crippen molar-refractivity contribution >= 4 is 17.5 Å². The van der Waals surface area contributed by atoms with Crippen molar-refractivity contribution in [3.05, 3.63) is 54.1 Å². The summed E-state index contributed by atoms with van der Waals surface area (Å²) >= 11 is 0. The van der Waals surface area contributed by atoms with Gasteiger partial charge < -0.3 is 20.1 Å². The molecule has 2 N–H and O–H groups in total. The number of methoxy groups -OCH3 is 1. The van der Waals surface area contributed by atoms with Crippen LogP contribution in [0.25, 0.3) is 0 Å². The first kappa shape index (κ1) is 16.8. The minimum Gasteiger partial charge on any atom is -0.493 e. The van der Waals surface area contributed by atoms with Gasteiger partial charge in [0.25, 0.3) is 0 Å². The van der Waals surface area contributed by atoms with E-state index in [0.717, 1.165) is 5.56 Å². The smallest absolute Gasteiger partial charge is 0.228 e. The lowest BCUT2D eigenvalue weighted by Crippen LogP contribution is -2.36. The van der Waals surface area contributed by atoms with Crippen LogP contribution in [0.1, 0.15) is 17.9 Å². The fraction of sp³-hybridized carbons (Fsp3) is 0.263. The minimum absolute atomic E-state index is 0.149. The summed E-state index contributed by atoms with van der Waals surface area (Å²) < 4.78 is 10.9. The SMILES string of the molecule is COc1ccccc1OCCNC(=O)C1CC(=O)Nc2ccccc21. The lowest BCUT2D eigenvalue weighted by Gasteiger charge is -2.24. The van der Waals surface area contributed by atoms with Crippen LogP contribution in [0.15, 0.2) is 48.5 Å². The fourth-order valence-electron chi connectivity index (χ4n) is 2.84. The Kier molecular flexibility index (Phi) is 5.18. The van der Waals surface area contributed by atoms with E-state index in [-0.39, 0.29) is 18.2 Å². The first-order valence-electron chi connectivity index (χ1n) is 8.11. The lowest BCUT2D eigenvalue weighted by molar-refractivity contribution is -0.126.